The molecule has 7 heteroatoms. The highest BCUT2D eigenvalue weighted by atomic mass is 16.5. The van der Waals surface area contributed by atoms with Gasteiger partial charge in [0.05, 0.1) is 11.2 Å². The number of aromatic nitrogens is 3. The van der Waals surface area contributed by atoms with Gasteiger partial charge in [-0.05, 0) is 49.8 Å². The molecule has 0 aliphatic carbocycles. The number of pyridine rings is 1. The molecule has 29 heavy (non-hydrogen) atoms. The zero-order valence-corrected chi connectivity index (χ0v) is 17.8. The number of carbonyl (C=O) groups excluding carboxylic acids is 1. The van der Waals surface area contributed by atoms with E-state index in [0.717, 1.165) is 23.1 Å². The van der Waals surface area contributed by atoms with Crippen LogP contribution < -0.4 is 10.1 Å². The fraction of sp³-hybridized carbons (Fsp3) is 0.409. The van der Waals surface area contributed by atoms with E-state index >= 15 is 0 Å². The van der Waals surface area contributed by atoms with Crippen LogP contribution in [0.4, 0.5) is 0 Å². The normalized spacial score (nSPS) is 11.8. The third kappa shape index (κ3) is 5.32. The number of carbonyl (C=O) groups is 1. The van der Waals surface area contributed by atoms with Gasteiger partial charge in [-0.25, -0.2) is 0 Å². The second-order valence-electron chi connectivity index (χ2n) is 8.35. The van der Waals surface area contributed by atoms with Crippen LogP contribution in [0.15, 0.2) is 42.6 Å². The van der Waals surface area contributed by atoms with Gasteiger partial charge in [0.25, 0.3) is 5.91 Å². The van der Waals surface area contributed by atoms with E-state index in [1.54, 1.807) is 17.9 Å². The van der Waals surface area contributed by atoms with E-state index in [4.69, 9.17) is 4.74 Å². The summed E-state index contributed by atoms with van der Waals surface area (Å²) >= 11 is 0. The van der Waals surface area contributed by atoms with Gasteiger partial charge >= 0.3 is 0 Å². The number of amides is 1. The van der Waals surface area contributed by atoms with Crippen molar-refractivity contribution in [2.45, 2.75) is 20.5 Å². The van der Waals surface area contributed by atoms with Gasteiger partial charge in [-0.2, -0.15) is 5.10 Å². The van der Waals surface area contributed by atoms with Crippen LogP contribution in [0.3, 0.4) is 0 Å². The van der Waals surface area contributed by atoms with E-state index in [0.29, 0.717) is 24.6 Å². The molecule has 3 rings (SSSR count). The molecule has 1 aromatic carbocycles. The zero-order valence-electron chi connectivity index (χ0n) is 17.8. The van der Waals surface area contributed by atoms with Crippen LogP contribution in [0, 0.1) is 5.41 Å². The minimum Gasteiger partial charge on any atom is -0.487 e. The molecule has 0 bridgehead atoms. The van der Waals surface area contributed by atoms with Gasteiger partial charge in [0.15, 0.2) is 0 Å². The van der Waals surface area contributed by atoms with Crippen LogP contribution in [-0.4, -0.2) is 52.8 Å². The van der Waals surface area contributed by atoms with Crippen LogP contribution in [0.1, 0.15) is 30.0 Å². The molecule has 0 fully saturated rings. The first kappa shape index (κ1) is 20.8. The predicted molar refractivity (Wildman–Crippen MR) is 114 cm³/mol. The minimum atomic E-state index is -0.135. The Morgan fingerprint density at radius 1 is 1.24 bits per heavy atom. The number of hydrogen-bond acceptors (Lipinski definition) is 5. The summed E-state index contributed by atoms with van der Waals surface area (Å²) in [5.74, 6) is 0.543. The van der Waals surface area contributed by atoms with E-state index in [1.807, 2.05) is 50.5 Å². The molecule has 3 aromatic rings. The van der Waals surface area contributed by atoms with E-state index in [2.05, 4.69) is 34.1 Å². The van der Waals surface area contributed by atoms with Crippen LogP contribution in [-0.2, 0) is 13.7 Å². The summed E-state index contributed by atoms with van der Waals surface area (Å²) in [6.07, 6.45) is 1.74. The summed E-state index contributed by atoms with van der Waals surface area (Å²) in [6, 6.07) is 11.3. The van der Waals surface area contributed by atoms with Gasteiger partial charge in [0, 0.05) is 31.7 Å². The maximum Gasteiger partial charge on any atom is 0.270 e. The molecule has 0 unspecified atom stereocenters. The van der Waals surface area contributed by atoms with Gasteiger partial charge < -0.3 is 15.0 Å². The first-order valence-electron chi connectivity index (χ1n) is 9.67. The number of aryl methyl sites for hydroxylation is 1. The van der Waals surface area contributed by atoms with Gasteiger partial charge in [-0.1, -0.05) is 19.9 Å². The molecular weight excluding hydrogens is 366 g/mol. The van der Waals surface area contributed by atoms with Crippen molar-refractivity contribution in [3.63, 3.8) is 0 Å². The lowest BCUT2D eigenvalue weighted by Gasteiger charge is -2.28. The molecular formula is C22H29N5O2. The van der Waals surface area contributed by atoms with Crippen molar-refractivity contribution in [2.75, 3.05) is 27.2 Å². The molecule has 2 aromatic heterocycles. The Morgan fingerprint density at radius 3 is 2.72 bits per heavy atom. The standard InChI is InChI=1S/C22H29N5O2/c1-22(2,15-26(3)4)14-24-21(28)20-18-12-17(9-10-19(18)25-27(20)5)29-13-16-8-6-7-11-23-16/h6-12H,13-15H2,1-5H3,(H,24,28). The quantitative estimate of drug-likeness (QED) is 0.635. The van der Waals surface area contributed by atoms with E-state index < -0.39 is 0 Å². The molecule has 154 valence electrons. The van der Waals surface area contributed by atoms with E-state index in [1.165, 1.54) is 0 Å². The Hall–Kier alpha value is -2.93. The van der Waals surface area contributed by atoms with Gasteiger partial charge in [0.2, 0.25) is 0 Å². The molecule has 1 N–H and O–H groups in total. The monoisotopic (exact) mass is 395 g/mol. The summed E-state index contributed by atoms with van der Waals surface area (Å²) in [5, 5.41) is 8.30. The highest BCUT2D eigenvalue weighted by Gasteiger charge is 2.23. The molecule has 0 aliphatic rings. The molecule has 1 amide bonds. The maximum atomic E-state index is 12.9. The van der Waals surface area contributed by atoms with Crippen LogP contribution in [0.5, 0.6) is 5.75 Å². The lowest BCUT2D eigenvalue weighted by molar-refractivity contribution is 0.0921. The van der Waals surface area contributed by atoms with Crippen molar-refractivity contribution in [3.8, 4) is 5.75 Å². The number of hydrogen-bond donors (Lipinski definition) is 1. The molecule has 0 saturated heterocycles. The maximum absolute atomic E-state index is 12.9. The highest BCUT2D eigenvalue weighted by molar-refractivity contribution is 6.05. The lowest BCUT2D eigenvalue weighted by Crippen LogP contribution is -2.40. The summed E-state index contributed by atoms with van der Waals surface area (Å²) in [7, 11) is 5.85. The number of fused-ring (bicyclic) bond motifs is 1. The first-order valence-corrected chi connectivity index (χ1v) is 9.67. The zero-order chi connectivity index (χ0) is 21.0. The van der Waals surface area contributed by atoms with Crippen molar-refractivity contribution < 1.29 is 9.53 Å². The molecule has 0 atom stereocenters. The lowest BCUT2D eigenvalue weighted by atomic mass is 9.93. The van der Waals surface area contributed by atoms with Crippen molar-refractivity contribution in [2.24, 2.45) is 12.5 Å². The largest absolute Gasteiger partial charge is 0.487 e. The summed E-state index contributed by atoms with van der Waals surface area (Å²) in [4.78, 5) is 19.3. The van der Waals surface area contributed by atoms with Crippen molar-refractivity contribution in [1.29, 1.82) is 0 Å². The van der Waals surface area contributed by atoms with Crippen LogP contribution >= 0.6 is 0 Å². The number of nitrogens with one attached hydrogen (secondary N) is 1. The number of benzene rings is 1. The fourth-order valence-corrected chi connectivity index (χ4v) is 3.49. The Morgan fingerprint density at radius 2 is 2.03 bits per heavy atom. The van der Waals surface area contributed by atoms with Gasteiger partial charge in [-0.15, -0.1) is 0 Å². The topological polar surface area (TPSA) is 72.3 Å². The second-order valence-corrected chi connectivity index (χ2v) is 8.35. The van der Waals surface area contributed by atoms with Crippen LogP contribution in [0.25, 0.3) is 10.9 Å². The SMILES string of the molecule is CN(C)CC(C)(C)CNC(=O)c1c2cc(OCc3ccccn3)ccc2nn1C. The molecule has 0 saturated carbocycles. The third-order valence-corrected chi connectivity index (χ3v) is 4.60. The van der Waals surface area contributed by atoms with E-state index in [-0.39, 0.29) is 11.3 Å². The Kier molecular flexibility index (Phi) is 6.17. The van der Waals surface area contributed by atoms with Crippen molar-refractivity contribution >= 4 is 16.8 Å². The first-order chi connectivity index (χ1) is 13.7. The molecule has 2 heterocycles. The molecule has 0 aliphatic heterocycles. The second kappa shape index (κ2) is 8.61. The number of rotatable bonds is 8. The number of nitrogens with zero attached hydrogens (tertiary/aromatic N) is 4. The Labute approximate surface area is 171 Å². The average molecular weight is 396 g/mol. The Bertz CT molecular complexity index is 980. The summed E-state index contributed by atoms with van der Waals surface area (Å²) in [5.41, 5.74) is 2.10. The third-order valence-electron chi connectivity index (χ3n) is 4.60. The van der Waals surface area contributed by atoms with Crippen LogP contribution in [0.2, 0.25) is 0 Å². The Balaban J connectivity index is 1.76. The highest BCUT2D eigenvalue weighted by Crippen LogP contribution is 2.24. The van der Waals surface area contributed by atoms with Gasteiger partial charge in [0.1, 0.15) is 18.1 Å². The van der Waals surface area contributed by atoms with Crippen molar-refractivity contribution in [1.82, 2.24) is 25.0 Å². The van der Waals surface area contributed by atoms with Crippen molar-refractivity contribution in [3.05, 3.63) is 54.0 Å². The average Bonchev–Trinajstić information content (AvgIpc) is 2.99. The smallest absolute Gasteiger partial charge is 0.270 e. The fourth-order valence-electron chi connectivity index (χ4n) is 3.49. The summed E-state index contributed by atoms with van der Waals surface area (Å²) in [6.45, 7) is 6.10. The number of ether oxygens (including phenoxy) is 1. The predicted octanol–water partition coefficient (Wildman–Crippen LogP) is 2.86. The van der Waals surface area contributed by atoms with E-state index in [9.17, 15) is 4.79 Å². The molecule has 0 spiro atoms. The minimum absolute atomic E-state index is 0.0372. The summed E-state index contributed by atoms with van der Waals surface area (Å²) < 4.78 is 7.49. The molecule has 7 nitrogen and oxygen atoms in total. The molecule has 0 radical (unpaired) electrons. The van der Waals surface area contributed by atoms with Gasteiger partial charge in [-0.3, -0.25) is 14.5 Å².